The van der Waals surface area contributed by atoms with Crippen molar-refractivity contribution in [2.24, 2.45) is 5.92 Å². The average molecular weight is 406 g/mol. The third-order valence-corrected chi connectivity index (χ3v) is 6.45. The summed E-state index contributed by atoms with van der Waals surface area (Å²) in [5, 5.41) is 0. The number of fused-ring (bicyclic) bond motifs is 1. The fourth-order valence-electron chi connectivity index (χ4n) is 4.67. The van der Waals surface area contributed by atoms with Gasteiger partial charge in [0, 0.05) is 24.1 Å². The van der Waals surface area contributed by atoms with Gasteiger partial charge in [0.15, 0.2) is 17.3 Å². The summed E-state index contributed by atoms with van der Waals surface area (Å²) in [5.74, 6) is 2.21. The first-order chi connectivity index (χ1) is 14.7. The number of carbonyl (C=O) groups is 1. The van der Waals surface area contributed by atoms with Crippen LogP contribution in [-0.2, 0) is 13.0 Å². The Balaban J connectivity index is 1.28. The van der Waals surface area contributed by atoms with Crippen LogP contribution < -0.4 is 9.47 Å². The molecule has 4 heteroatoms. The Labute approximate surface area is 179 Å². The van der Waals surface area contributed by atoms with E-state index in [9.17, 15) is 4.79 Å². The maximum Gasteiger partial charge on any atom is 0.189 e. The zero-order chi connectivity index (χ0) is 20.9. The lowest BCUT2D eigenvalue weighted by molar-refractivity contribution is 0.103. The van der Waals surface area contributed by atoms with Crippen molar-refractivity contribution < 1.29 is 14.3 Å². The van der Waals surface area contributed by atoms with Crippen molar-refractivity contribution in [2.75, 3.05) is 27.3 Å². The van der Waals surface area contributed by atoms with Gasteiger partial charge in [-0.15, -0.1) is 0 Å². The number of rotatable bonds is 7. The van der Waals surface area contributed by atoms with Crippen LogP contribution in [0.15, 0.2) is 54.1 Å². The number of nitrogens with zero attached hydrogens (tertiary/aromatic N) is 1. The van der Waals surface area contributed by atoms with Gasteiger partial charge in [0.1, 0.15) is 0 Å². The third kappa shape index (κ3) is 4.59. The molecule has 2 aromatic carbocycles. The summed E-state index contributed by atoms with van der Waals surface area (Å²) in [4.78, 5) is 15.3. The predicted octanol–water partition coefficient (Wildman–Crippen LogP) is 5.06. The van der Waals surface area contributed by atoms with Gasteiger partial charge in [-0.05, 0) is 68.0 Å². The number of allylic oxidation sites excluding steroid dienone is 2. The second-order valence-electron chi connectivity index (χ2n) is 8.38. The van der Waals surface area contributed by atoms with Gasteiger partial charge in [-0.25, -0.2) is 0 Å². The van der Waals surface area contributed by atoms with E-state index in [1.165, 1.54) is 37.9 Å². The predicted molar refractivity (Wildman–Crippen MR) is 119 cm³/mol. The van der Waals surface area contributed by atoms with Crippen molar-refractivity contribution in [3.63, 3.8) is 0 Å². The quantitative estimate of drug-likeness (QED) is 0.604. The van der Waals surface area contributed by atoms with Crippen molar-refractivity contribution in [1.29, 1.82) is 0 Å². The van der Waals surface area contributed by atoms with E-state index in [2.05, 4.69) is 41.3 Å². The summed E-state index contributed by atoms with van der Waals surface area (Å²) in [6.07, 6.45) is 7.50. The number of ketones is 1. The Bertz CT molecular complexity index is 911. The maximum atomic E-state index is 12.8. The smallest absolute Gasteiger partial charge is 0.189 e. The minimum Gasteiger partial charge on any atom is -0.493 e. The lowest BCUT2D eigenvalue weighted by Crippen LogP contribution is -2.33. The Kier molecular flexibility index (Phi) is 6.53. The van der Waals surface area contributed by atoms with Crippen molar-refractivity contribution in [3.8, 4) is 11.5 Å². The van der Waals surface area contributed by atoms with Gasteiger partial charge < -0.3 is 9.47 Å². The SMILES string of the molecule is COc1cc2c(cc1OC)C(=O)/C(=C/CCC1CCN(Cc3ccccc3)CC1)C2. The van der Waals surface area contributed by atoms with E-state index in [1.807, 2.05) is 12.1 Å². The lowest BCUT2D eigenvalue weighted by Gasteiger charge is -2.31. The molecule has 0 radical (unpaired) electrons. The topological polar surface area (TPSA) is 38.8 Å². The number of piperidine rings is 1. The van der Waals surface area contributed by atoms with E-state index in [0.717, 1.165) is 35.6 Å². The number of likely N-dealkylation sites (tertiary alicyclic amines) is 1. The van der Waals surface area contributed by atoms with Crippen LogP contribution >= 0.6 is 0 Å². The highest BCUT2D eigenvalue weighted by Crippen LogP contribution is 2.36. The summed E-state index contributed by atoms with van der Waals surface area (Å²) in [6.45, 7) is 3.39. The van der Waals surface area contributed by atoms with Crippen molar-refractivity contribution in [3.05, 3.63) is 70.8 Å². The maximum absolute atomic E-state index is 12.8. The molecule has 0 saturated carbocycles. The molecule has 4 rings (SSSR count). The molecule has 1 aliphatic carbocycles. The molecule has 0 spiro atoms. The van der Waals surface area contributed by atoms with Crippen LogP contribution in [0.1, 0.15) is 47.2 Å². The highest BCUT2D eigenvalue weighted by molar-refractivity contribution is 6.13. The molecule has 0 unspecified atom stereocenters. The first-order valence-electron chi connectivity index (χ1n) is 10.9. The van der Waals surface area contributed by atoms with Crippen molar-refractivity contribution in [1.82, 2.24) is 4.90 Å². The number of carbonyl (C=O) groups excluding carboxylic acids is 1. The monoisotopic (exact) mass is 405 g/mol. The molecule has 0 atom stereocenters. The molecule has 1 saturated heterocycles. The van der Waals surface area contributed by atoms with Crippen LogP contribution in [0.25, 0.3) is 0 Å². The molecule has 158 valence electrons. The molecule has 1 fully saturated rings. The van der Waals surface area contributed by atoms with Gasteiger partial charge in [-0.1, -0.05) is 36.4 Å². The third-order valence-electron chi connectivity index (χ3n) is 6.45. The Hall–Kier alpha value is -2.59. The molecule has 30 heavy (non-hydrogen) atoms. The number of hydrogen-bond donors (Lipinski definition) is 0. The van der Waals surface area contributed by atoms with E-state index in [-0.39, 0.29) is 5.78 Å². The molecular weight excluding hydrogens is 374 g/mol. The summed E-state index contributed by atoms with van der Waals surface area (Å²) in [5.41, 5.74) is 4.11. The van der Waals surface area contributed by atoms with E-state index in [1.54, 1.807) is 14.2 Å². The van der Waals surface area contributed by atoms with Gasteiger partial charge in [0.2, 0.25) is 0 Å². The van der Waals surface area contributed by atoms with E-state index in [4.69, 9.17) is 9.47 Å². The van der Waals surface area contributed by atoms with Gasteiger partial charge in [-0.2, -0.15) is 0 Å². The van der Waals surface area contributed by atoms with Gasteiger partial charge in [0.05, 0.1) is 14.2 Å². The number of hydrogen-bond acceptors (Lipinski definition) is 4. The molecule has 1 heterocycles. The molecule has 0 amide bonds. The molecule has 1 aliphatic heterocycles. The minimum atomic E-state index is 0.142. The molecule has 0 N–H and O–H groups in total. The number of benzene rings is 2. The highest BCUT2D eigenvalue weighted by Gasteiger charge is 2.27. The van der Waals surface area contributed by atoms with Crippen molar-refractivity contribution in [2.45, 2.75) is 38.6 Å². The number of ether oxygens (including phenoxy) is 2. The second-order valence-corrected chi connectivity index (χ2v) is 8.38. The normalized spacial score (nSPS) is 18.6. The first kappa shape index (κ1) is 20.7. The second kappa shape index (κ2) is 9.48. The van der Waals surface area contributed by atoms with Crippen LogP contribution in [0.2, 0.25) is 0 Å². The lowest BCUT2D eigenvalue weighted by atomic mass is 9.91. The zero-order valence-electron chi connectivity index (χ0n) is 18.0. The fourth-order valence-corrected chi connectivity index (χ4v) is 4.67. The highest BCUT2D eigenvalue weighted by atomic mass is 16.5. The Morgan fingerprint density at radius 1 is 1.03 bits per heavy atom. The molecule has 0 aromatic heterocycles. The first-order valence-corrected chi connectivity index (χ1v) is 10.9. The molecule has 4 nitrogen and oxygen atoms in total. The van der Waals surface area contributed by atoms with Gasteiger partial charge in [-0.3, -0.25) is 9.69 Å². The molecule has 2 aliphatic rings. The van der Waals surface area contributed by atoms with Crippen molar-refractivity contribution >= 4 is 5.78 Å². The Morgan fingerprint density at radius 3 is 2.43 bits per heavy atom. The van der Waals surface area contributed by atoms with Crippen LogP contribution in [0, 0.1) is 5.92 Å². The van der Waals surface area contributed by atoms with Crippen LogP contribution in [-0.4, -0.2) is 38.0 Å². The van der Waals surface area contributed by atoms with E-state index < -0.39 is 0 Å². The van der Waals surface area contributed by atoms with E-state index >= 15 is 0 Å². The standard InChI is InChI=1S/C26H31NO3/c1-29-24-16-22-15-21(26(28)23(22)17-25(24)30-2)10-6-9-19-11-13-27(14-12-19)18-20-7-4-3-5-8-20/h3-5,7-8,10,16-17,19H,6,9,11-15,18H2,1-2H3/b21-10+. The zero-order valence-corrected chi connectivity index (χ0v) is 18.0. The van der Waals surface area contributed by atoms with Crippen LogP contribution in [0.3, 0.4) is 0 Å². The average Bonchev–Trinajstić information content (AvgIpc) is 3.09. The van der Waals surface area contributed by atoms with Gasteiger partial charge >= 0.3 is 0 Å². The molecule has 2 aromatic rings. The Morgan fingerprint density at radius 2 is 1.73 bits per heavy atom. The molecular formula is C26H31NO3. The van der Waals surface area contributed by atoms with E-state index in [0.29, 0.717) is 17.9 Å². The summed E-state index contributed by atoms with van der Waals surface area (Å²) in [7, 11) is 3.23. The van der Waals surface area contributed by atoms with Crippen LogP contribution in [0.4, 0.5) is 0 Å². The van der Waals surface area contributed by atoms with Crippen LogP contribution in [0.5, 0.6) is 11.5 Å². The summed E-state index contributed by atoms with van der Waals surface area (Å²) in [6, 6.07) is 14.5. The summed E-state index contributed by atoms with van der Waals surface area (Å²) < 4.78 is 10.7. The minimum absolute atomic E-state index is 0.142. The number of methoxy groups -OCH3 is 2. The molecule has 0 bridgehead atoms. The largest absolute Gasteiger partial charge is 0.493 e. The fraction of sp³-hybridized carbons (Fsp3) is 0.423. The number of Topliss-reactive ketones (excluding diaryl/α,β-unsaturated/α-hetero) is 1. The summed E-state index contributed by atoms with van der Waals surface area (Å²) >= 11 is 0. The van der Waals surface area contributed by atoms with Gasteiger partial charge in [0.25, 0.3) is 0 Å².